The summed E-state index contributed by atoms with van der Waals surface area (Å²) in [6.07, 6.45) is 1.30. The van der Waals surface area contributed by atoms with Crippen LogP contribution in [-0.2, 0) is 15.3 Å². The van der Waals surface area contributed by atoms with Crippen LogP contribution in [0.5, 0.6) is 0 Å². The van der Waals surface area contributed by atoms with Gasteiger partial charge in [0.15, 0.2) is 5.78 Å². The zero-order valence-corrected chi connectivity index (χ0v) is 10.5. The minimum absolute atomic E-state index is 0.0625. The summed E-state index contributed by atoms with van der Waals surface area (Å²) < 4.78 is 5.49. The van der Waals surface area contributed by atoms with Gasteiger partial charge < -0.3 is 14.9 Å². The molecule has 0 aromatic heterocycles. The van der Waals surface area contributed by atoms with Crippen LogP contribution in [0.15, 0.2) is 35.6 Å². The number of carbonyl (C=O) groups excluding carboxylic acids is 2. The molecule has 4 rings (SSSR count). The third-order valence-corrected chi connectivity index (χ3v) is 4.35. The van der Waals surface area contributed by atoms with Crippen molar-refractivity contribution in [2.24, 2.45) is 0 Å². The summed E-state index contributed by atoms with van der Waals surface area (Å²) in [5.41, 5.74) is -1.95. The molecule has 2 atom stereocenters. The zero-order valence-electron chi connectivity index (χ0n) is 10.5. The van der Waals surface area contributed by atoms with Gasteiger partial charge in [-0.3, -0.25) is 9.59 Å². The summed E-state index contributed by atoms with van der Waals surface area (Å²) in [6, 6.07) is 6.34. The topological polar surface area (TPSA) is 83.8 Å². The molecule has 0 unspecified atom stereocenters. The lowest BCUT2D eigenvalue weighted by Crippen LogP contribution is -2.52. The van der Waals surface area contributed by atoms with E-state index in [0.29, 0.717) is 12.8 Å². The van der Waals surface area contributed by atoms with Gasteiger partial charge in [-0.1, -0.05) is 24.3 Å². The molecular weight excluding hydrogens is 260 g/mol. The lowest BCUT2D eigenvalue weighted by Gasteiger charge is -2.30. The molecule has 102 valence electrons. The Kier molecular flexibility index (Phi) is 1.99. The van der Waals surface area contributed by atoms with Crippen LogP contribution in [0.1, 0.15) is 35.2 Å². The van der Waals surface area contributed by atoms with Crippen molar-refractivity contribution in [2.75, 3.05) is 0 Å². The van der Waals surface area contributed by atoms with Crippen LogP contribution >= 0.6 is 0 Å². The maximum atomic E-state index is 12.5. The summed E-state index contributed by atoms with van der Waals surface area (Å²) in [7, 11) is 0. The Morgan fingerprint density at radius 3 is 2.65 bits per heavy atom. The third kappa shape index (κ3) is 1.04. The van der Waals surface area contributed by atoms with Gasteiger partial charge in [0, 0.05) is 24.0 Å². The first-order valence-electron chi connectivity index (χ1n) is 6.55. The second kappa shape index (κ2) is 3.37. The van der Waals surface area contributed by atoms with Gasteiger partial charge in [0.1, 0.15) is 5.76 Å². The molecule has 1 aromatic carbocycles. The monoisotopic (exact) mass is 272 g/mol. The molecule has 2 N–H and O–H groups in total. The van der Waals surface area contributed by atoms with Crippen LogP contribution in [0.3, 0.4) is 0 Å². The lowest BCUT2D eigenvalue weighted by molar-refractivity contribution is -0.236. The van der Waals surface area contributed by atoms with Crippen molar-refractivity contribution in [3.05, 3.63) is 46.7 Å². The standard InChI is InChI=1S/C15H12O5/c16-10-6-3-7-11-12(10)14(18)13(17)8-4-1-2-5-9(8)15(14,19)20-11/h1-2,4-5,18-19H,3,6-7H2/t14-,15+/m0/s1. The van der Waals surface area contributed by atoms with Gasteiger partial charge >= 0.3 is 0 Å². The molecule has 20 heavy (non-hydrogen) atoms. The largest absolute Gasteiger partial charge is 0.458 e. The molecule has 0 saturated heterocycles. The Morgan fingerprint density at radius 1 is 1.10 bits per heavy atom. The highest BCUT2D eigenvalue weighted by atomic mass is 16.7. The summed E-state index contributed by atoms with van der Waals surface area (Å²) in [6.45, 7) is 0. The first kappa shape index (κ1) is 11.8. The minimum atomic E-state index is -2.30. The molecule has 1 heterocycles. The lowest BCUT2D eigenvalue weighted by atomic mass is 9.80. The van der Waals surface area contributed by atoms with E-state index in [1.54, 1.807) is 12.1 Å². The molecule has 0 fully saturated rings. The first-order valence-corrected chi connectivity index (χ1v) is 6.55. The van der Waals surface area contributed by atoms with Gasteiger partial charge in [0.25, 0.3) is 5.79 Å². The number of aliphatic hydroxyl groups is 2. The van der Waals surface area contributed by atoms with Crippen LogP contribution in [0.25, 0.3) is 0 Å². The van der Waals surface area contributed by atoms with Crippen LogP contribution in [0.2, 0.25) is 0 Å². The Balaban J connectivity index is 2.01. The van der Waals surface area contributed by atoms with Crippen molar-refractivity contribution in [1.82, 2.24) is 0 Å². The summed E-state index contributed by atoms with van der Waals surface area (Å²) in [5, 5.41) is 21.6. The van der Waals surface area contributed by atoms with Gasteiger partial charge in [-0.15, -0.1) is 0 Å². The van der Waals surface area contributed by atoms with Gasteiger partial charge in [0.05, 0.1) is 5.57 Å². The molecule has 0 radical (unpaired) electrons. The number of Topliss-reactive ketones (excluding diaryl/α,β-unsaturated/α-hetero) is 2. The molecule has 5 nitrogen and oxygen atoms in total. The predicted molar refractivity (Wildman–Crippen MR) is 66.6 cm³/mol. The van der Waals surface area contributed by atoms with Crippen LogP contribution in [-0.4, -0.2) is 27.4 Å². The van der Waals surface area contributed by atoms with Crippen molar-refractivity contribution in [3.63, 3.8) is 0 Å². The Labute approximate surface area is 114 Å². The van der Waals surface area contributed by atoms with Crippen LogP contribution in [0.4, 0.5) is 0 Å². The second-order valence-corrected chi connectivity index (χ2v) is 5.41. The van der Waals surface area contributed by atoms with Crippen molar-refractivity contribution in [2.45, 2.75) is 30.7 Å². The number of hydrogen-bond acceptors (Lipinski definition) is 5. The van der Waals surface area contributed by atoms with Crippen LogP contribution < -0.4 is 0 Å². The summed E-state index contributed by atoms with van der Waals surface area (Å²) in [5.74, 6) is -2.93. The van der Waals surface area contributed by atoms with E-state index in [4.69, 9.17) is 4.74 Å². The van der Waals surface area contributed by atoms with Gasteiger partial charge in [-0.25, -0.2) is 0 Å². The maximum absolute atomic E-state index is 12.5. The van der Waals surface area contributed by atoms with E-state index < -0.39 is 17.2 Å². The smallest absolute Gasteiger partial charge is 0.276 e. The highest BCUT2D eigenvalue weighted by Gasteiger charge is 2.72. The molecule has 1 aromatic rings. The van der Waals surface area contributed by atoms with Crippen molar-refractivity contribution >= 4 is 11.6 Å². The molecular formula is C15H12O5. The number of hydrogen-bond donors (Lipinski definition) is 2. The minimum Gasteiger partial charge on any atom is -0.458 e. The fourth-order valence-electron chi connectivity index (χ4n) is 3.43. The van der Waals surface area contributed by atoms with Crippen molar-refractivity contribution < 1.29 is 24.5 Å². The second-order valence-electron chi connectivity index (χ2n) is 5.41. The number of ketones is 2. The van der Waals surface area contributed by atoms with Gasteiger partial charge in [-0.05, 0) is 6.42 Å². The van der Waals surface area contributed by atoms with Gasteiger partial charge in [-0.2, -0.15) is 0 Å². The molecule has 1 aliphatic heterocycles. The zero-order chi connectivity index (χ0) is 14.1. The van der Waals surface area contributed by atoms with Crippen molar-refractivity contribution in [1.29, 1.82) is 0 Å². The van der Waals surface area contributed by atoms with E-state index in [2.05, 4.69) is 0 Å². The predicted octanol–water partition coefficient (Wildman–Crippen LogP) is 0.796. The van der Waals surface area contributed by atoms with Crippen LogP contribution in [0, 0.1) is 0 Å². The fraction of sp³-hybridized carbons (Fsp3) is 0.333. The number of carbonyl (C=O) groups is 2. The number of benzene rings is 1. The quantitative estimate of drug-likeness (QED) is 0.729. The van der Waals surface area contributed by atoms with E-state index in [9.17, 15) is 19.8 Å². The molecule has 0 saturated carbocycles. The number of ether oxygens (including phenoxy) is 1. The Morgan fingerprint density at radius 2 is 1.85 bits per heavy atom. The van der Waals surface area contributed by atoms with E-state index in [1.165, 1.54) is 12.1 Å². The summed E-state index contributed by atoms with van der Waals surface area (Å²) >= 11 is 0. The first-order chi connectivity index (χ1) is 9.50. The number of allylic oxidation sites excluding steroid dienone is 1. The molecule has 0 bridgehead atoms. The van der Waals surface area contributed by atoms with E-state index in [-0.39, 0.29) is 34.7 Å². The molecule has 2 aliphatic carbocycles. The highest BCUT2D eigenvalue weighted by Crippen LogP contribution is 2.56. The fourth-order valence-corrected chi connectivity index (χ4v) is 3.43. The SMILES string of the molecule is O=C1CCCC2=C1[C@]1(O)C(=O)c3ccccc3[C@@]1(O)O2. The normalized spacial score (nSPS) is 34.7. The maximum Gasteiger partial charge on any atom is 0.276 e. The summed E-state index contributed by atoms with van der Waals surface area (Å²) in [4.78, 5) is 24.6. The van der Waals surface area contributed by atoms with Crippen molar-refractivity contribution in [3.8, 4) is 0 Å². The van der Waals surface area contributed by atoms with E-state index in [1.807, 2.05) is 0 Å². The average Bonchev–Trinajstić information content (AvgIpc) is 2.77. The molecule has 5 heteroatoms. The average molecular weight is 272 g/mol. The third-order valence-electron chi connectivity index (χ3n) is 4.35. The molecule has 3 aliphatic rings. The van der Waals surface area contributed by atoms with E-state index in [0.717, 1.165) is 0 Å². The Hall–Kier alpha value is -1.98. The molecule has 0 spiro atoms. The van der Waals surface area contributed by atoms with E-state index >= 15 is 0 Å². The number of fused-ring (bicyclic) bond motifs is 4. The molecule has 0 amide bonds. The van der Waals surface area contributed by atoms with Gasteiger partial charge in [0.2, 0.25) is 11.4 Å². The number of rotatable bonds is 0. The Bertz CT molecular complexity index is 704. The highest BCUT2D eigenvalue weighted by molar-refractivity contribution is 6.17.